The molecule has 0 unspecified atom stereocenters. The number of aromatic nitrogens is 1. The number of nitrogens with one attached hydrogen (secondary N) is 1. The van der Waals surface area contributed by atoms with E-state index in [2.05, 4.69) is 10.3 Å². The smallest absolute Gasteiger partial charge is 0.416 e. The van der Waals surface area contributed by atoms with E-state index < -0.39 is 17.7 Å². The third kappa shape index (κ3) is 4.71. The van der Waals surface area contributed by atoms with Crippen molar-refractivity contribution in [2.75, 3.05) is 11.9 Å². The van der Waals surface area contributed by atoms with E-state index in [-0.39, 0.29) is 18.8 Å². The summed E-state index contributed by atoms with van der Waals surface area (Å²) >= 11 is 0. The SMILES string of the molecule is O=C(O)CCCNc1cc(C(F)(F)F)ccn1. The number of anilines is 1. The van der Waals surface area contributed by atoms with Crippen molar-refractivity contribution in [3.05, 3.63) is 23.9 Å². The number of hydrogen-bond acceptors (Lipinski definition) is 3. The van der Waals surface area contributed by atoms with Gasteiger partial charge in [0.2, 0.25) is 0 Å². The number of rotatable bonds is 5. The maximum absolute atomic E-state index is 12.3. The molecule has 0 aromatic carbocycles. The molecule has 0 amide bonds. The molecule has 2 N–H and O–H groups in total. The Morgan fingerprint density at radius 3 is 2.76 bits per heavy atom. The van der Waals surface area contributed by atoms with E-state index in [0.29, 0.717) is 6.42 Å². The molecule has 1 heterocycles. The monoisotopic (exact) mass is 248 g/mol. The predicted molar refractivity (Wildman–Crippen MR) is 54.6 cm³/mol. The molecule has 0 atom stereocenters. The highest BCUT2D eigenvalue weighted by molar-refractivity contribution is 5.66. The Morgan fingerprint density at radius 2 is 2.18 bits per heavy atom. The van der Waals surface area contributed by atoms with Crippen molar-refractivity contribution in [1.29, 1.82) is 0 Å². The number of aliphatic carboxylic acids is 1. The molecule has 94 valence electrons. The second-order valence-corrected chi connectivity index (χ2v) is 3.35. The Bertz CT molecular complexity index is 393. The molecule has 0 radical (unpaired) electrons. The summed E-state index contributed by atoms with van der Waals surface area (Å²) in [6, 6.07) is 1.77. The standard InChI is InChI=1S/C10H11F3N2O2/c11-10(12,13)7-3-5-15-8(6-7)14-4-1-2-9(16)17/h3,5-6H,1-2,4H2,(H,14,15)(H,16,17). The average molecular weight is 248 g/mol. The molecular weight excluding hydrogens is 237 g/mol. The molecule has 0 saturated heterocycles. The van der Waals surface area contributed by atoms with Gasteiger partial charge in [0, 0.05) is 19.2 Å². The second kappa shape index (κ2) is 5.51. The van der Waals surface area contributed by atoms with Gasteiger partial charge >= 0.3 is 12.1 Å². The van der Waals surface area contributed by atoms with Crippen LogP contribution in [0.5, 0.6) is 0 Å². The van der Waals surface area contributed by atoms with Gasteiger partial charge in [0.05, 0.1) is 5.56 Å². The lowest BCUT2D eigenvalue weighted by Gasteiger charge is -2.09. The molecule has 1 rings (SSSR count). The van der Waals surface area contributed by atoms with Gasteiger partial charge in [-0.15, -0.1) is 0 Å². The summed E-state index contributed by atoms with van der Waals surface area (Å²) in [5, 5.41) is 11.0. The fourth-order valence-corrected chi connectivity index (χ4v) is 1.16. The van der Waals surface area contributed by atoms with Crippen LogP contribution in [-0.4, -0.2) is 22.6 Å². The Hall–Kier alpha value is -1.79. The third-order valence-corrected chi connectivity index (χ3v) is 1.96. The van der Waals surface area contributed by atoms with Crippen LogP contribution >= 0.6 is 0 Å². The van der Waals surface area contributed by atoms with Crippen LogP contribution in [0.4, 0.5) is 19.0 Å². The zero-order chi connectivity index (χ0) is 12.9. The maximum Gasteiger partial charge on any atom is 0.416 e. The summed E-state index contributed by atoms with van der Waals surface area (Å²) in [6.45, 7) is 0.264. The zero-order valence-electron chi connectivity index (χ0n) is 8.79. The number of carbonyl (C=O) groups is 1. The van der Waals surface area contributed by atoms with E-state index >= 15 is 0 Å². The van der Waals surface area contributed by atoms with Crippen molar-refractivity contribution in [3.8, 4) is 0 Å². The Labute approximate surface area is 95.5 Å². The quantitative estimate of drug-likeness (QED) is 0.785. The van der Waals surface area contributed by atoms with Gasteiger partial charge in [0.25, 0.3) is 0 Å². The Balaban J connectivity index is 2.52. The van der Waals surface area contributed by atoms with Crippen LogP contribution in [0.15, 0.2) is 18.3 Å². The van der Waals surface area contributed by atoms with Crippen LogP contribution < -0.4 is 5.32 Å². The highest BCUT2D eigenvalue weighted by atomic mass is 19.4. The maximum atomic E-state index is 12.3. The van der Waals surface area contributed by atoms with Gasteiger partial charge in [0.15, 0.2) is 0 Å². The molecule has 1 aromatic heterocycles. The first-order valence-electron chi connectivity index (χ1n) is 4.88. The minimum Gasteiger partial charge on any atom is -0.481 e. The first-order valence-corrected chi connectivity index (χ1v) is 4.88. The lowest BCUT2D eigenvalue weighted by atomic mass is 10.2. The van der Waals surface area contributed by atoms with E-state index in [1.165, 1.54) is 0 Å². The molecular formula is C10H11F3N2O2. The number of nitrogens with zero attached hydrogens (tertiary/aromatic N) is 1. The molecule has 0 aliphatic rings. The molecule has 1 aromatic rings. The van der Waals surface area contributed by atoms with E-state index in [1.54, 1.807) is 0 Å². The third-order valence-electron chi connectivity index (χ3n) is 1.96. The molecule has 7 heteroatoms. The number of hydrogen-bond donors (Lipinski definition) is 2. The lowest BCUT2D eigenvalue weighted by Crippen LogP contribution is -2.09. The second-order valence-electron chi connectivity index (χ2n) is 3.35. The first-order chi connectivity index (χ1) is 7.89. The number of alkyl halides is 3. The van der Waals surface area contributed by atoms with Gasteiger partial charge in [-0.25, -0.2) is 4.98 Å². The summed E-state index contributed by atoms with van der Waals surface area (Å²) in [6.07, 6.45) is -3.05. The van der Waals surface area contributed by atoms with Crippen LogP contribution in [0, 0.1) is 0 Å². The van der Waals surface area contributed by atoms with Crippen LogP contribution in [0.2, 0.25) is 0 Å². The molecule has 17 heavy (non-hydrogen) atoms. The fraction of sp³-hybridized carbons (Fsp3) is 0.400. The molecule has 0 aliphatic carbocycles. The van der Waals surface area contributed by atoms with Crippen LogP contribution in [0.25, 0.3) is 0 Å². The molecule has 0 fully saturated rings. The average Bonchev–Trinajstić information content (AvgIpc) is 2.23. The van der Waals surface area contributed by atoms with E-state index in [9.17, 15) is 18.0 Å². The van der Waals surface area contributed by atoms with E-state index in [0.717, 1.165) is 18.3 Å². The molecule has 0 saturated carbocycles. The van der Waals surface area contributed by atoms with E-state index in [4.69, 9.17) is 5.11 Å². The Kier molecular flexibility index (Phi) is 4.30. The minimum atomic E-state index is -4.40. The van der Waals surface area contributed by atoms with Crippen molar-refractivity contribution in [2.45, 2.75) is 19.0 Å². The summed E-state index contributed by atoms with van der Waals surface area (Å²) in [5.74, 6) is -0.853. The van der Waals surface area contributed by atoms with Crippen LogP contribution in [0.3, 0.4) is 0 Å². The van der Waals surface area contributed by atoms with Crippen molar-refractivity contribution >= 4 is 11.8 Å². The molecule has 0 spiro atoms. The number of pyridine rings is 1. The predicted octanol–water partition coefficient (Wildman–Crippen LogP) is 2.38. The normalized spacial score (nSPS) is 11.2. The zero-order valence-corrected chi connectivity index (χ0v) is 8.79. The molecule has 0 aliphatic heterocycles. The van der Waals surface area contributed by atoms with Gasteiger partial charge in [0.1, 0.15) is 5.82 Å². The topological polar surface area (TPSA) is 62.2 Å². The minimum absolute atomic E-state index is 0.0358. The van der Waals surface area contributed by atoms with Crippen LogP contribution in [-0.2, 0) is 11.0 Å². The summed E-state index contributed by atoms with van der Waals surface area (Å²) < 4.78 is 37.0. The highest BCUT2D eigenvalue weighted by Crippen LogP contribution is 2.29. The van der Waals surface area contributed by atoms with Crippen molar-refractivity contribution in [1.82, 2.24) is 4.98 Å². The van der Waals surface area contributed by atoms with Gasteiger partial charge in [-0.05, 0) is 18.6 Å². The van der Waals surface area contributed by atoms with Crippen molar-refractivity contribution in [2.24, 2.45) is 0 Å². The van der Waals surface area contributed by atoms with E-state index in [1.807, 2.05) is 0 Å². The first kappa shape index (κ1) is 13.3. The number of halogens is 3. The number of carboxylic acids is 1. The molecule has 0 bridgehead atoms. The fourth-order valence-electron chi connectivity index (χ4n) is 1.16. The summed E-state index contributed by atoms with van der Waals surface area (Å²) in [4.78, 5) is 13.9. The number of carboxylic acid groups (broad SMARTS) is 1. The van der Waals surface area contributed by atoms with Gasteiger partial charge < -0.3 is 10.4 Å². The Morgan fingerprint density at radius 1 is 1.47 bits per heavy atom. The highest BCUT2D eigenvalue weighted by Gasteiger charge is 2.30. The summed E-state index contributed by atoms with van der Waals surface area (Å²) in [7, 11) is 0. The largest absolute Gasteiger partial charge is 0.481 e. The van der Waals surface area contributed by atoms with Crippen molar-refractivity contribution in [3.63, 3.8) is 0 Å². The van der Waals surface area contributed by atoms with Gasteiger partial charge in [-0.2, -0.15) is 13.2 Å². The molecule has 4 nitrogen and oxygen atoms in total. The van der Waals surface area contributed by atoms with Crippen LogP contribution in [0.1, 0.15) is 18.4 Å². The summed E-state index contributed by atoms with van der Waals surface area (Å²) in [5.41, 5.74) is -0.784. The van der Waals surface area contributed by atoms with Crippen molar-refractivity contribution < 1.29 is 23.1 Å². The van der Waals surface area contributed by atoms with Gasteiger partial charge in [-0.3, -0.25) is 4.79 Å². The lowest BCUT2D eigenvalue weighted by molar-refractivity contribution is -0.138. The van der Waals surface area contributed by atoms with Gasteiger partial charge in [-0.1, -0.05) is 0 Å².